The van der Waals surface area contributed by atoms with Crippen molar-refractivity contribution in [1.82, 2.24) is 9.88 Å². The highest BCUT2D eigenvalue weighted by Gasteiger charge is 2.09. The van der Waals surface area contributed by atoms with Gasteiger partial charge in [-0.25, -0.2) is 0 Å². The summed E-state index contributed by atoms with van der Waals surface area (Å²) in [4.78, 5) is 6.40. The Bertz CT molecular complexity index is 672. The normalized spacial score (nSPS) is 15.1. The Labute approximate surface area is 136 Å². The van der Waals surface area contributed by atoms with Gasteiger partial charge < -0.3 is 10.1 Å². The molecule has 0 aliphatic carbocycles. The van der Waals surface area contributed by atoms with Crippen LogP contribution in [0.5, 0.6) is 0 Å². The van der Waals surface area contributed by atoms with Gasteiger partial charge in [-0.2, -0.15) is 5.26 Å². The monoisotopic (exact) mass is 308 g/mol. The lowest BCUT2D eigenvalue weighted by atomic mass is 10.0. The third kappa shape index (κ3) is 4.07. The first-order chi connectivity index (χ1) is 11.4. The molecule has 1 aromatic heterocycles. The first kappa shape index (κ1) is 15.5. The van der Waals surface area contributed by atoms with Crippen molar-refractivity contribution in [2.45, 2.75) is 0 Å². The van der Waals surface area contributed by atoms with Crippen LogP contribution in [-0.4, -0.2) is 49.3 Å². The molecule has 1 N–H and O–H groups in total. The number of nitriles is 1. The summed E-state index contributed by atoms with van der Waals surface area (Å²) in [6, 6.07) is 12.2. The molecule has 1 fully saturated rings. The predicted octanol–water partition coefficient (Wildman–Crippen LogP) is 2.36. The van der Waals surface area contributed by atoms with E-state index in [9.17, 15) is 0 Å². The third-order valence-corrected chi connectivity index (χ3v) is 4.00. The van der Waals surface area contributed by atoms with Crippen LogP contribution in [0.15, 0.2) is 42.7 Å². The van der Waals surface area contributed by atoms with E-state index >= 15 is 0 Å². The van der Waals surface area contributed by atoms with Crippen molar-refractivity contribution in [1.29, 1.82) is 5.26 Å². The molecule has 5 heteroatoms. The molecule has 0 saturated carbocycles. The van der Waals surface area contributed by atoms with Crippen LogP contribution in [0, 0.1) is 11.3 Å². The number of ether oxygens (including phenoxy) is 1. The second-order valence-electron chi connectivity index (χ2n) is 5.49. The van der Waals surface area contributed by atoms with Gasteiger partial charge in [0, 0.05) is 49.8 Å². The summed E-state index contributed by atoms with van der Waals surface area (Å²) in [5.41, 5.74) is 3.64. The fourth-order valence-electron chi connectivity index (χ4n) is 2.69. The maximum Gasteiger partial charge on any atom is 0.101 e. The number of aromatic nitrogens is 1. The van der Waals surface area contributed by atoms with E-state index in [0.29, 0.717) is 5.56 Å². The Balaban J connectivity index is 1.58. The van der Waals surface area contributed by atoms with E-state index in [1.807, 2.05) is 18.2 Å². The molecule has 1 aliphatic heterocycles. The summed E-state index contributed by atoms with van der Waals surface area (Å²) in [7, 11) is 0. The maximum atomic E-state index is 9.16. The molecule has 0 bridgehead atoms. The quantitative estimate of drug-likeness (QED) is 0.919. The number of nitrogens with one attached hydrogen (secondary N) is 1. The smallest absolute Gasteiger partial charge is 0.101 e. The second-order valence-corrected chi connectivity index (χ2v) is 5.49. The summed E-state index contributed by atoms with van der Waals surface area (Å²) in [6.45, 7) is 5.63. The summed E-state index contributed by atoms with van der Waals surface area (Å²) in [6.07, 6.45) is 3.31. The second kappa shape index (κ2) is 7.73. The summed E-state index contributed by atoms with van der Waals surface area (Å²) >= 11 is 0. The molecule has 0 radical (unpaired) electrons. The van der Waals surface area contributed by atoms with E-state index < -0.39 is 0 Å². The lowest BCUT2D eigenvalue weighted by Crippen LogP contribution is -2.38. The zero-order chi connectivity index (χ0) is 15.9. The minimum absolute atomic E-state index is 0.598. The number of hydrogen-bond acceptors (Lipinski definition) is 5. The lowest BCUT2D eigenvalue weighted by molar-refractivity contribution is 0.0398. The highest BCUT2D eigenvalue weighted by molar-refractivity contribution is 5.71. The minimum Gasteiger partial charge on any atom is -0.384 e. The Morgan fingerprint density at radius 3 is 2.70 bits per heavy atom. The Morgan fingerprint density at radius 1 is 1.17 bits per heavy atom. The van der Waals surface area contributed by atoms with Crippen molar-refractivity contribution in [2.24, 2.45) is 0 Å². The standard InChI is InChI=1S/C18H20N4O/c19-13-16-14-20-6-5-18(16)15-1-3-17(4-2-15)21-7-8-22-9-11-23-12-10-22/h1-6,14,21H,7-12H2. The summed E-state index contributed by atoms with van der Waals surface area (Å²) in [5.74, 6) is 0. The molecule has 0 amide bonds. The zero-order valence-electron chi connectivity index (χ0n) is 13.0. The topological polar surface area (TPSA) is 61.2 Å². The van der Waals surface area contributed by atoms with Gasteiger partial charge in [-0.15, -0.1) is 0 Å². The van der Waals surface area contributed by atoms with Crippen LogP contribution < -0.4 is 5.32 Å². The molecule has 0 unspecified atom stereocenters. The van der Waals surface area contributed by atoms with E-state index in [2.05, 4.69) is 33.4 Å². The van der Waals surface area contributed by atoms with Gasteiger partial charge in [0.05, 0.1) is 18.8 Å². The first-order valence-electron chi connectivity index (χ1n) is 7.85. The van der Waals surface area contributed by atoms with Crippen LogP contribution in [0.4, 0.5) is 5.69 Å². The van der Waals surface area contributed by atoms with Gasteiger partial charge in [-0.3, -0.25) is 9.88 Å². The fraction of sp³-hybridized carbons (Fsp3) is 0.333. The van der Waals surface area contributed by atoms with Crippen LogP contribution in [0.2, 0.25) is 0 Å². The highest BCUT2D eigenvalue weighted by atomic mass is 16.5. The molecule has 1 aromatic carbocycles. The van der Waals surface area contributed by atoms with Crippen molar-refractivity contribution >= 4 is 5.69 Å². The molecule has 2 aromatic rings. The summed E-state index contributed by atoms with van der Waals surface area (Å²) in [5, 5.41) is 12.6. The van der Waals surface area contributed by atoms with E-state index in [1.54, 1.807) is 12.4 Å². The fourth-order valence-corrected chi connectivity index (χ4v) is 2.69. The Hall–Kier alpha value is -2.42. The molecule has 0 spiro atoms. The number of hydrogen-bond donors (Lipinski definition) is 1. The van der Waals surface area contributed by atoms with Crippen molar-refractivity contribution in [3.8, 4) is 17.2 Å². The number of benzene rings is 1. The largest absolute Gasteiger partial charge is 0.384 e. The van der Waals surface area contributed by atoms with Gasteiger partial charge in [-0.05, 0) is 23.8 Å². The van der Waals surface area contributed by atoms with Crippen molar-refractivity contribution < 1.29 is 4.74 Å². The predicted molar refractivity (Wildman–Crippen MR) is 90.1 cm³/mol. The van der Waals surface area contributed by atoms with Crippen LogP contribution in [0.1, 0.15) is 5.56 Å². The van der Waals surface area contributed by atoms with Crippen molar-refractivity contribution in [2.75, 3.05) is 44.7 Å². The highest BCUT2D eigenvalue weighted by Crippen LogP contribution is 2.23. The van der Waals surface area contributed by atoms with Gasteiger partial charge in [-0.1, -0.05) is 12.1 Å². The molecule has 3 rings (SSSR count). The molecular weight excluding hydrogens is 288 g/mol. The van der Waals surface area contributed by atoms with Crippen LogP contribution in [0.3, 0.4) is 0 Å². The lowest BCUT2D eigenvalue weighted by Gasteiger charge is -2.26. The van der Waals surface area contributed by atoms with Gasteiger partial charge in [0.2, 0.25) is 0 Å². The molecular formula is C18H20N4O. The maximum absolute atomic E-state index is 9.16. The molecule has 0 atom stereocenters. The average Bonchev–Trinajstić information content (AvgIpc) is 2.63. The van der Waals surface area contributed by atoms with Crippen LogP contribution >= 0.6 is 0 Å². The van der Waals surface area contributed by atoms with Gasteiger partial charge in [0.15, 0.2) is 0 Å². The Kier molecular flexibility index (Phi) is 5.20. The molecule has 5 nitrogen and oxygen atoms in total. The molecule has 1 saturated heterocycles. The minimum atomic E-state index is 0.598. The van der Waals surface area contributed by atoms with E-state index in [1.165, 1.54) is 0 Å². The third-order valence-electron chi connectivity index (χ3n) is 4.00. The number of nitrogens with zero attached hydrogens (tertiary/aromatic N) is 3. The number of rotatable bonds is 5. The molecule has 2 heterocycles. The Morgan fingerprint density at radius 2 is 1.96 bits per heavy atom. The van der Waals surface area contributed by atoms with Crippen molar-refractivity contribution in [3.63, 3.8) is 0 Å². The molecule has 118 valence electrons. The number of anilines is 1. The molecule has 1 aliphatic rings. The molecule has 23 heavy (non-hydrogen) atoms. The summed E-state index contributed by atoms with van der Waals surface area (Å²) < 4.78 is 5.35. The van der Waals surface area contributed by atoms with Gasteiger partial charge in [0.25, 0.3) is 0 Å². The SMILES string of the molecule is N#Cc1cnccc1-c1ccc(NCCN2CCOCC2)cc1. The first-order valence-corrected chi connectivity index (χ1v) is 7.85. The van der Waals surface area contributed by atoms with Gasteiger partial charge >= 0.3 is 0 Å². The van der Waals surface area contributed by atoms with E-state index in [-0.39, 0.29) is 0 Å². The van der Waals surface area contributed by atoms with E-state index in [0.717, 1.165) is 56.2 Å². The average molecular weight is 308 g/mol. The van der Waals surface area contributed by atoms with E-state index in [4.69, 9.17) is 10.00 Å². The van der Waals surface area contributed by atoms with Crippen LogP contribution in [0.25, 0.3) is 11.1 Å². The zero-order valence-corrected chi connectivity index (χ0v) is 13.0. The van der Waals surface area contributed by atoms with Crippen LogP contribution in [-0.2, 0) is 4.74 Å². The number of pyridine rings is 1. The van der Waals surface area contributed by atoms with Gasteiger partial charge in [0.1, 0.15) is 6.07 Å². The van der Waals surface area contributed by atoms with Crippen molar-refractivity contribution in [3.05, 3.63) is 48.3 Å². The number of morpholine rings is 1.